The maximum atomic E-state index is 12.3. The first-order valence-electron chi connectivity index (χ1n) is 5.71. The molecule has 1 saturated heterocycles. The third kappa shape index (κ3) is 2.11. The molecule has 0 saturated carbocycles. The zero-order valence-electron chi connectivity index (χ0n) is 10.4. The summed E-state index contributed by atoms with van der Waals surface area (Å²) in [6.45, 7) is 4.75. The van der Waals surface area contributed by atoms with E-state index in [1.54, 1.807) is 24.1 Å². The summed E-state index contributed by atoms with van der Waals surface area (Å²) in [7, 11) is 0. The predicted molar refractivity (Wildman–Crippen MR) is 68.1 cm³/mol. The van der Waals surface area contributed by atoms with Gasteiger partial charge in [0.25, 0.3) is 5.91 Å². The van der Waals surface area contributed by atoms with Crippen LogP contribution in [0.5, 0.6) is 0 Å². The molecule has 2 heterocycles. The average Bonchev–Trinajstić information content (AvgIpc) is 2.80. The summed E-state index contributed by atoms with van der Waals surface area (Å²) in [5.74, 6) is -0.359. The van der Waals surface area contributed by atoms with Crippen LogP contribution in [0.15, 0.2) is 5.38 Å². The zero-order valence-corrected chi connectivity index (χ0v) is 11.2. The lowest BCUT2D eigenvalue weighted by Gasteiger charge is -2.40. The van der Waals surface area contributed by atoms with Gasteiger partial charge in [0, 0.05) is 25.0 Å². The molecule has 7 heteroatoms. The summed E-state index contributed by atoms with van der Waals surface area (Å²) >= 11 is 1.36. The summed E-state index contributed by atoms with van der Waals surface area (Å²) in [5.41, 5.74) is 4.99. The van der Waals surface area contributed by atoms with Crippen LogP contribution in [0.1, 0.15) is 29.3 Å². The summed E-state index contributed by atoms with van der Waals surface area (Å²) < 4.78 is 0. The van der Waals surface area contributed by atoms with Crippen LogP contribution in [0.25, 0.3) is 0 Å². The number of nitrogens with one attached hydrogen (secondary N) is 1. The molecule has 1 aromatic rings. The molecule has 0 unspecified atom stereocenters. The third-order valence-electron chi connectivity index (χ3n) is 3.04. The van der Waals surface area contributed by atoms with Crippen LogP contribution in [0, 0.1) is 0 Å². The minimum Gasteiger partial charge on any atom is -0.352 e. The first-order chi connectivity index (χ1) is 8.46. The quantitative estimate of drug-likeness (QED) is 0.787. The number of piperazine rings is 1. The predicted octanol–water partition coefficient (Wildman–Crippen LogP) is -0.0476. The Labute approximate surface area is 109 Å². The van der Waals surface area contributed by atoms with Crippen molar-refractivity contribution in [3.63, 3.8) is 0 Å². The molecule has 2 amide bonds. The number of amides is 2. The van der Waals surface area contributed by atoms with Crippen LogP contribution < -0.4 is 11.1 Å². The van der Waals surface area contributed by atoms with E-state index in [4.69, 9.17) is 5.73 Å². The normalized spacial score (nSPS) is 18.6. The molecule has 3 N–H and O–H groups in total. The molecule has 1 fully saturated rings. The molecule has 1 aliphatic heterocycles. The van der Waals surface area contributed by atoms with Gasteiger partial charge in [0.1, 0.15) is 16.2 Å². The number of hydrogen-bond acceptors (Lipinski definition) is 5. The van der Waals surface area contributed by atoms with Gasteiger partial charge in [0.2, 0.25) is 5.91 Å². The molecule has 2 rings (SSSR count). The summed E-state index contributed by atoms with van der Waals surface area (Å²) in [4.78, 5) is 29.8. The number of carbonyl (C=O) groups excluding carboxylic acids is 2. The lowest BCUT2D eigenvalue weighted by molar-refractivity contribution is -0.133. The van der Waals surface area contributed by atoms with Crippen molar-refractivity contribution in [2.45, 2.75) is 25.9 Å². The average molecular weight is 268 g/mol. The van der Waals surface area contributed by atoms with Crippen molar-refractivity contribution >= 4 is 23.2 Å². The minimum atomic E-state index is -0.845. The van der Waals surface area contributed by atoms with Crippen molar-refractivity contribution in [3.05, 3.63) is 16.1 Å². The second kappa shape index (κ2) is 4.66. The van der Waals surface area contributed by atoms with Crippen molar-refractivity contribution in [2.24, 2.45) is 5.73 Å². The second-order valence-corrected chi connectivity index (χ2v) is 5.54. The Morgan fingerprint density at radius 3 is 3.00 bits per heavy atom. The molecule has 0 spiro atoms. The standard InChI is InChI=1S/C11H16N4O2S/c1-11(2)10(17)13-3-4-15(11)9(16)7-6-18-8(5-12)14-7/h6H,3-5,12H2,1-2H3,(H,13,17). The van der Waals surface area contributed by atoms with E-state index in [9.17, 15) is 9.59 Å². The van der Waals surface area contributed by atoms with E-state index in [1.807, 2.05) is 0 Å². The Kier molecular flexibility index (Phi) is 3.36. The Morgan fingerprint density at radius 2 is 2.39 bits per heavy atom. The SMILES string of the molecule is CC1(C)C(=O)NCCN1C(=O)c1csc(CN)n1. The molecule has 0 bridgehead atoms. The monoisotopic (exact) mass is 268 g/mol. The van der Waals surface area contributed by atoms with Crippen LogP contribution in [-0.4, -0.2) is 40.3 Å². The van der Waals surface area contributed by atoms with Crippen LogP contribution in [0.2, 0.25) is 0 Å². The molecule has 0 radical (unpaired) electrons. The highest BCUT2D eigenvalue weighted by Gasteiger charge is 2.41. The van der Waals surface area contributed by atoms with Crippen molar-refractivity contribution in [3.8, 4) is 0 Å². The zero-order chi connectivity index (χ0) is 13.3. The van der Waals surface area contributed by atoms with Crippen LogP contribution >= 0.6 is 11.3 Å². The van der Waals surface area contributed by atoms with E-state index in [1.165, 1.54) is 11.3 Å². The molecule has 18 heavy (non-hydrogen) atoms. The van der Waals surface area contributed by atoms with Gasteiger partial charge in [-0.15, -0.1) is 11.3 Å². The number of thiazole rings is 1. The van der Waals surface area contributed by atoms with Crippen LogP contribution in [0.3, 0.4) is 0 Å². The number of hydrogen-bond donors (Lipinski definition) is 2. The van der Waals surface area contributed by atoms with E-state index in [2.05, 4.69) is 10.3 Å². The summed E-state index contributed by atoms with van der Waals surface area (Å²) in [5, 5.41) is 5.16. The van der Waals surface area contributed by atoms with E-state index in [-0.39, 0.29) is 11.8 Å². The Bertz CT molecular complexity index is 483. The molecular formula is C11H16N4O2S. The minimum absolute atomic E-state index is 0.142. The highest BCUT2D eigenvalue weighted by Crippen LogP contribution is 2.21. The van der Waals surface area contributed by atoms with E-state index < -0.39 is 5.54 Å². The van der Waals surface area contributed by atoms with E-state index >= 15 is 0 Å². The number of aromatic nitrogens is 1. The molecule has 0 aromatic carbocycles. The van der Waals surface area contributed by atoms with E-state index in [0.29, 0.717) is 25.3 Å². The number of rotatable bonds is 2. The lowest BCUT2D eigenvalue weighted by atomic mass is 9.98. The molecule has 0 atom stereocenters. The fourth-order valence-electron chi connectivity index (χ4n) is 1.90. The van der Waals surface area contributed by atoms with Crippen molar-refractivity contribution < 1.29 is 9.59 Å². The first kappa shape index (κ1) is 13.0. The molecule has 6 nitrogen and oxygen atoms in total. The van der Waals surface area contributed by atoms with Gasteiger partial charge in [-0.1, -0.05) is 0 Å². The summed E-state index contributed by atoms with van der Waals surface area (Å²) in [6, 6.07) is 0. The van der Waals surface area contributed by atoms with Crippen LogP contribution in [0.4, 0.5) is 0 Å². The molecule has 1 aromatic heterocycles. The van der Waals surface area contributed by atoms with Gasteiger partial charge in [-0.3, -0.25) is 9.59 Å². The van der Waals surface area contributed by atoms with Gasteiger partial charge in [0.15, 0.2) is 0 Å². The molecule has 1 aliphatic rings. The maximum absolute atomic E-state index is 12.3. The maximum Gasteiger partial charge on any atom is 0.274 e. The number of nitrogens with two attached hydrogens (primary N) is 1. The topological polar surface area (TPSA) is 88.3 Å². The molecule has 0 aliphatic carbocycles. The highest BCUT2D eigenvalue weighted by molar-refractivity contribution is 7.09. The molecular weight excluding hydrogens is 252 g/mol. The number of carbonyl (C=O) groups is 2. The third-order valence-corrected chi connectivity index (χ3v) is 3.91. The lowest BCUT2D eigenvalue weighted by Crippen LogP contribution is -2.63. The van der Waals surface area contributed by atoms with Gasteiger partial charge in [0.05, 0.1) is 0 Å². The largest absolute Gasteiger partial charge is 0.352 e. The second-order valence-electron chi connectivity index (χ2n) is 4.60. The van der Waals surface area contributed by atoms with Crippen molar-refractivity contribution in [1.82, 2.24) is 15.2 Å². The highest BCUT2D eigenvalue weighted by atomic mass is 32.1. The van der Waals surface area contributed by atoms with E-state index in [0.717, 1.165) is 5.01 Å². The van der Waals surface area contributed by atoms with Gasteiger partial charge >= 0.3 is 0 Å². The smallest absolute Gasteiger partial charge is 0.274 e. The van der Waals surface area contributed by atoms with Gasteiger partial charge in [-0.05, 0) is 13.8 Å². The van der Waals surface area contributed by atoms with Gasteiger partial charge in [-0.25, -0.2) is 4.98 Å². The first-order valence-corrected chi connectivity index (χ1v) is 6.59. The van der Waals surface area contributed by atoms with Crippen molar-refractivity contribution in [2.75, 3.05) is 13.1 Å². The number of nitrogens with zero attached hydrogens (tertiary/aromatic N) is 2. The Morgan fingerprint density at radius 1 is 1.67 bits per heavy atom. The Balaban J connectivity index is 2.24. The van der Waals surface area contributed by atoms with Gasteiger partial charge < -0.3 is 16.0 Å². The fourth-order valence-corrected chi connectivity index (χ4v) is 2.54. The molecule has 98 valence electrons. The van der Waals surface area contributed by atoms with Gasteiger partial charge in [-0.2, -0.15) is 0 Å². The Hall–Kier alpha value is -1.47. The summed E-state index contributed by atoms with van der Waals surface area (Å²) in [6.07, 6.45) is 0. The van der Waals surface area contributed by atoms with Crippen molar-refractivity contribution in [1.29, 1.82) is 0 Å². The van der Waals surface area contributed by atoms with Crippen LogP contribution in [-0.2, 0) is 11.3 Å². The fraction of sp³-hybridized carbons (Fsp3) is 0.545.